The Hall–Kier alpha value is -3.96. The first-order valence-electron chi connectivity index (χ1n) is 8.87. The molecule has 0 aliphatic carbocycles. The number of nitrogens with one attached hydrogen (secondary N) is 1. The normalized spacial score (nSPS) is 13.1. The number of rotatable bonds is 6. The van der Waals surface area contributed by atoms with Gasteiger partial charge >= 0.3 is 5.97 Å². The Morgan fingerprint density at radius 1 is 1.30 bits per heavy atom. The van der Waals surface area contributed by atoms with E-state index in [1.54, 1.807) is 29.2 Å². The number of carboxylic acids is 1. The van der Waals surface area contributed by atoms with Gasteiger partial charge < -0.3 is 14.7 Å². The number of nitrogens with zero attached hydrogens (tertiary/aromatic N) is 5. The number of fused-ring (bicyclic) bond motifs is 2. The quantitative estimate of drug-likeness (QED) is 0.454. The first-order chi connectivity index (χ1) is 14.5. The number of H-pyrrole nitrogens is 1. The van der Waals surface area contributed by atoms with Gasteiger partial charge in [-0.05, 0) is 6.07 Å². The van der Waals surface area contributed by atoms with Gasteiger partial charge in [-0.15, -0.1) is 13.2 Å². The second-order valence-corrected chi connectivity index (χ2v) is 6.98. The number of carboxylic acid groups (broad SMARTS) is 1. The third kappa shape index (κ3) is 3.02. The Balaban J connectivity index is 1.92. The molecule has 2 N–H and O–H groups in total. The fraction of sp³-hybridized carbons (Fsp3) is 0.0952. The molecule has 30 heavy (non-hydrogen) atoms. The number of aliphatic carboxylic acids is 1. The largest absolute Gasteiger partial charge is 0.481 e. The van der Waals surface area contributed by atoms with Crippen molar-refractivity contribution in [2.75, 3.05) is 0 Å². The van der Waals surface area contributed by atoms with E-state index in [9.17, 15) is 15.2 Å². The molecule has 0 aliphatic rings. The SMILES string of the molecule is C=C[C@H]([C@@H](C=C)C(=O)O)n1cc(Cl)c2cnc(-c3c[nH]c4ncc(C#N)cc34)nc21. The maximum absolute atomic E-state index is 11.7. The Kier molecular flexibility index (Phi) is 4.82. The number of carbonyl (C=O) groups is 1. The zero-order valence-corrected chi connectivity index (χ0v) is 16.3. The molecule has 0 saturated carbocycles. The van der Waals surface area contributed by atoms with E-state index in [1.807, 2.05) is 0 Å². The average molecular weight is 419 g/mol. The molecule has 0 saturated heterocycles. The molecule has 0 radical (unpaired) electrons. The summed E-state index contributed by atoms with van der Waals surface area (Å²) in [6.07, 6.45) is 9.26. The van der Waals surface area contributed by atoms with Crippen LogP contribution < -0.4 is 0 Å². The molecule has 0 aliphatic heterocycles. The van der Waals surface area contributed by atoms with Gasteiger partial charge in [0.2, 0.25) is 0 Å². The van der Waals surface area contributed by atoms with E-state index in [2.05, 4.69) is 39.2 Å². The van der Waals surface area contributed by atoms with Gasteiger partial charge in [0.05, 0.1) is 27.9 Å². The third-order valence-corrected chi connectivity index (χ3v) is 5.19. The van der Waals surface area contributed by atoms with Crippen molar-refractivity contribution in [2.24, 2.45) is 5.92 Å². The minimum atomic E-state index is -1.03. The predicted octanol–water partition coefficient (Wildman–Crippen LogP) is 4.11. The first-order valence-corrected chi connectivity index (χ1v) is 9.25. The van der Waals surface area contributed by atoms with Crippen LogP contribution >= 0.6 is 11.6 Å². The molecule has 9 heteroatoms. The van der Waals surface area contributed by atoms with Gasteiger partial charge in [0.15, 0.2) is 5.82 Å². The topological polar surface area (TPSA) is 120 Å². The van der Waals surface area contributed by atoms with E-state index in [0.29, 0.717) is 44.0 Å². The highest BCUT2D eigenvalue weighted by atomic mass is 35.5. The summed E-state index contributed by atoms with van der Waals surface area (Å²) in [5.41, 5.74) is 2.14. The number of aromatic amines is 1. The highest BCUT2D eigenvalue weighted by Gasteiger charge is 2.27. The van der Waals surface area contributed by atoms with E-state index >= 15 is 0 Å². The Morgan fingerprint density at radius 3 is 2.77 bits per heavy atom. The minimum absolute atomic E-state index is 0.384. The Labute approximate surface area is 175 Å². The van der Waals surface area contributed by atoms with E-state index < -0.39 is 17.9 Å². The highest BCUT2D eigenvalue weighted by molar-refractivity contribution is 6.35. The second-order valence-electron chi connectivity index (χ2n) is 6.58. The Bertz CT molecular complexity index is 1360. The number of allylic oxidation sites excluding steroid dienone is 1. The fourth-order valence-corrected chi connectivity index (χ4v) is 3.66. The lowest BCUT2D eigenvalue weighted by Gasteiger charge is -2.20. The molecule has 0 spiro atoms. The zero-order valence-electron chi connectivity index (χ0n) is 15.6. The molecular weight excluding hydrogens is 404 g/mol. The monoisotopic (exact) mass is 418 g/mol. The highest BCUT2D eigenvalue weighted by Crippen LogP contribution is 2.33. The van der Waals surface area contributed by atoms with Crippen LogP contribution in [0.2, 0.25) is 5.02 Å². The first kappa shape index (κ1) is 19.4. The van der Waals surface area contributed by atoms with Crippen LogP contribution in [0.25, 0.3) is 33.5 Å². The molecular formula is C21H15ClN6O2. The van der Waals surface area contributed by atoms with Crippen LogP contribution in [0.5, 0.6) is 0 Å². The van der Waals surface area contributed by atoms with Crippen LogP contribution in [0.3, 0.4) is 0 Å². The molecule has 0 aromatic carbocycles. The molecule has 0 unspecified atom stereocenters. The van der Waals surface area contributed by atoms with Crippen LogP contribution in [-0.4, -0.2) is 35.6 Å². The lowest BCUT2D eigenvalue weighted by atomic mass is 10.00. The summed E-state index contributed by atoms with van der Waals surface area (Å²) in [7, 11) is 0. The summed E-state index contributed by atoms with van der Waals surface area (Å²) in [6.45, 7) is 7.40. The predicted molar refractivity (Wildman–Crippen MR) is 113 cm³/mol. The molecule has 4 heterocycles. The molecule has 148 valence electrons. The lowest BCUT2D eigenvalue weighted by molar-refractivity contribution is -0.140. The van der Waals surface area contributed by atoms with Crippen molar-refractivity contribution < 1.29 is 9.90 Å². The van der Waals surface area contributed by atoms with Crippen molar-refractivity contribution in [3.05, 3.63) is 66.7 Å². The fourth-order valence-electron chi connectivity index (χ4n) is 3.42. The van der Waals surface area contributed by atoms with Crippen LogP contribution in [-0.2, 0) is 4.79 Å². The van der Waals surface area contributed by atoms with Gasteiger partial charge in [-0.2, -0.15) is 5.26 Å². The van der Waals surface area contributed by atoms with Crippen LogP contribution in [0, 0.1) is 17.2 Å². The van der Waals surface area contributed by atoms with Crippen molar-refractivity contribution in [2.45, 2.75) is 6.04 Å². The maximum Gasteiger partial charge on any atom is 0.312 e. The molecule has 0 amide bonds. The molecule has 0 fully saturated rings. The molecule has 4 rings (SSSR count). The van der Waals surface area contributed by atoms with Crippen molar-refractivity contribution in [1.82, 2.24) is 24.5 Å². The van der Waals surface area contributed by atoms with Crippen molar-refractivity contribution in [3.8, 4) is 17.5 Å². The van der Waals surface area contributed by atoms with Crippen molar-refractivity contribution >= 4 is 39.6 Å². The average Bonchev–Trinajstić information content (AvgIpc) is 3.31. The molecule has 4 aromatic heterocycles. The van der Waals surface area contributed by atoms with Gasteiger partial charge in [0.25, 0.3) is 0 Å². The number of hydrogen-bond donors (Lipinski definition) is 2. The Morgan fingerprint density at radius 2 is 2.10 bits per heavy atom. The standard InChI is InChI=1S/C21H15ClN6O2/c1-3-12(21(29)30)17(4-2)28-10-16(22)15-9-26-19(27-20(15)28)14-8-25-18-13(14)5-11(6-23)7-24-18/h3-5,7-10,12,17H,1-2H2,(H,24,25)(H,29,30)/t12-,17-/m1/s1. The summed E-state index contributed by atoms with van der Waals surface area (Å²) in [5.74, 6) is -1.56. The summed E-state index contributed by atoms with van der Waals surface area (Å²) >= 11 is 6.36. The van der Waals surface area contributed by atoms with Crippen molar-refractivity contribution in [3.63, 3.8) is 0 Å². The van der Waals surface area contributed by atoms with Crippen molar-refractivity contribution in [1.29, 1.82) is 5.26 Å². The summed E-state index contributed by atoms with van der Waals surface area (Å²) in [4.78, 5) is 28.0. The van der Waals surface area contributed by atoms with Gasteiger partial charge in [-0.1, -0.05) is 23.8 Å². The van der Waals surface area contributed by atoms with Crippen LogP contribution in [0.4, 0.5) is 0 Å². The van der Waals surface area contributed by atoms with Crippen LogP contribution in [0.15, 0.2) is 56.2 Å². The maximum atomic E-state index is 11.7. The van der Waals surface area contributed by atoms with Gasteiger partial charge in [0, 0.05) is 35.7 Å². The lowest BCUT2D eigenvalue weighted by Crippen LogP contribution is -2.23. The molecule has 4 aromatic rings. The molecule has 2 atom stereocenters. The third-order valence-electron chi connectivity index (χ3n) is 4.89. The molecule has 8 nitrogen and oxygen atoms in total. The summed E-state index contributed by atoms with van der Waals surface area (Å²) in [5, 5.41) is 20.4. The number of pyridine rings is 1. The number of hydrogen-bond acceptors (Lipinski definition) is 5. The minimum Gasteiger partial charge on any atom is -0.481 e. The second kappa shape index (κ2) is 7.46. The van der Waals surface area contributed by atoms with E-state index in [-0.39, 0.29) is 0 Å². The van der Waals surface area contributed by atoms with E-state index in [4.69, 9.17) is 11.6 Å². The molecule has 0 bridgehead atoms. The van der Waals surface area contributed by atoms with E-state index in [1.165, 1.54) is 18.3 Å². The van der Waals surface area contributed by atoms with Gasteiger partial charge in [0.1, 0.15) is 17.4 Å². The van der Waals surface area contributed by atoms with Crippen LogP contribution in [0.1, 0.15) is 11.6 Å². The summed E-state index contributed by atoms with van der Waals surface area (Å²) in [6, 6.07) is 3.13. The number of aromatic nitrogens is 5. The smallest absolute Gasteiger partial charge is 0.312 e. The van der Waals surface area contributed by atoms with Gasteiger partial charge in [-0.3, -0.25) is 4.79 Å². The van der Waals surface area contributed by atoms with E-state index in [0.717, 1.165) is 0 Å². The van der Waals surface area contributed by atoms with Gasteiger partial charge in [-0.25, -0.2) is 15.0 Å². The number of halogens is 1. The zero-order chi connectivity index (χ0) is 21.4. The summed E-state index contributed by atoms with van der Waals surface area (Å²) < 4.78 is 1.66. The number of nitriles is 1.